The monoisotopic (exact) mass is 141 g/mol. The van der Waals surface area contributed by atoms with E-state index in [1.54, 1.807) is 11.9 Å². The summed E-state index contributed by atoms with van der Waals surface area (Å²) in [5, 5.41) is 0. The molecule has 0 unspecified atom stereocenters. The van der Waals surface area contributed by atoms with Gasteiger partial charge in [-0.2, -0.15) is 0 Å². The topological polar surface area (TPSA) is 20.3 Å². The number of amides is 1. The molecule has 0 aliphatic rings. The fourth-order valence-corrected chi connectivity index (χ4v) is 0.678. The van der Waals surface area contributed by atoms with Crippen LogP contribution in [0.25, 0.3) is 0 Å². The molecule has 0 bridgehead atoms. The predicted molar refractivity (Wildman–Crippen MR) is 42.7 cm³/mol. The van der Waals surface area contributed by atoms with Gasteiger partial charge in [-0.25, -0.2) is 0 Å². The van der Waals surface area contributed by atoms with E-state index in [4.69, 9.17) is 0 Å². The fourth-order valence-electron chi connectivity index (χ4n) is 0.678. The Hall–Kier alpha value is -0.790. The van der Waals surface area contributed by atoms with Crippen molar-refractivity contribution in [2.24, 2.45) is 0 Å². The van der Waals surface area contributed by atoms with Crippen LogP contribution < -0.4 is 0 Å². The summed E-state index contributed by atoms with van der Waals surface area (Å²) < 4.78 is 0. The van der Waals surface area contributed by atoms with E-state index in [-0.39, 0.29) is 0 Å². The molecule has 1 amide bonds. The van der Waals surface area contributed by atoms with Crippen molar-refractivity contribution in [3.05, 3.63) is 12.2 Å². The van der Waals surface area contributed by atoms with Crippen LogP contribution in [0.1, 0.15) is 19.8 Å². The summed E-state index contributed by atoms with van der Waals surface area (Å²) in [6.45, 7) is 2.86. The minimum Gasteiger partial charge on any atom is -0.348 e. The van der Waals surface area contributed by atoms with E-state index in [2.05, 4.69) is 6.08 Å². The molecule has 0 aromatic rings. The van der Waals surface area contributed by atoms with Gasteiger partial charge in [0.1, 0.15) is 0 Å². The van der Waals surface area contributed by atoms with E-state index in [9.17, 15) is 4.79 Å². The van der Waals surface area contributed by atoms with Gasteiger partial charge >= 0.3 is 0 Å². The van der Waals surface area contributed by atoms with E-state index >= 15 is 0 Å². The zero-order valence-corrected chi connectivity index (χ0v) is 6.71. The van der Waals surface area contributed by atoms with Crippen molar-refractivity contribution in [3.63, 3.8) is 0 Å². The van der Waals surface area contributed by atoms with Crippen LogP contribution in [0.4, 0.5) is 0 Å². The molecule has 0 fully saturated rings. The van der Waals surface area contributed by atoms with Crippen LogP contribution in [-0.4, -0.2) is 24.9 Å². The smallest absolute Gasteiger partial charge is 0.209 e. The van der Waals surface area contributed by atoms with E-state index in [0.29, 0.717) is 0 Å². The minimum atomic E-state index is 0.855. The van der Waals surface area contributed by atoms with Gasteiger partial charge in [-0.05, 0) is 19.8 Å². The van der Waals surface area contributed by atoms with Crippen LogP contribution in [0.2, 0.25) is 0 Å². The first-order valence-electron chi connectivity index (χ1n) is 3.58. The molecule has 58 valence electrons. The molecule has 0 radical (unpaired) electrons. The summed E-state index contributed by atoms with van der Waals surface area (Å²) in [6.07, 6.45) is 7.11. The van der Waals surface area contributed by atoms with Crippen molar-refractivity contribution in [3.8, 4) is 0 Å². The van der Waals surface area contributed by atoms with Crippen molar-refractivity contribution >= 4 is 6.41 Å². The summed E-state index contributed by atoms with van der Waals surface area (Å²) in [6, 6.07) is 0. The van der Waals surface area contributed by atoms with Crippen molar-refractivity contribution in [1.82, 2.24) is 4.90 Å². The lowest BCUT2D eigenvalue weighted by Crippen LogP contribution is -2.16. The van der Waals surface area contributed by atoms with Crippen molar-refractivity contribution in [1.29, 1.82) is 0 Å². The third-order valence-corrected chi connectivity index (χ3v) is 1.30. The highest BCUT2D eigenvalue weighted by Gasteiger charge is 1.89. The lowest BCUT2D eigenvalue weighted by Gasteiger charge is -2.07. The van der Waals surface area contributed by atoms with Crippen molar-refractivity contribution in [2.75, 3.05) is 13.6 Å². The molecule has 0 aliphatic heterocycles. The standard InChI is InChI=1S/C8H15NO/c1-3-4-5-6-7-9(2)8-10/h3-4,8H,5-7H2,1-2H3. The Bertz CT molecular complexity index is 110. The second-order valence-electron chi connectivity index (χ2n) is 2.30. The first kappa shape index (κ1) is 9.21. The van der Waals surface area contributed by atoms with Crippen LogP contribution in [0.15, 0.2) is 12.2 Å². The van der Waals surface area contributed by atoms with Gasteiger partial charge in [-0.15, -0.1) is 0 Å². The number of nitrogens with zero attached hydrogens (tertiary/aromatic N) is 1. The van der Waals surface area contributed by atoms with Gasteiger partial charge in [0.15, 0.2) is 0 Å². The molecular weight excluding hydrogens is 126 g/mol. The third kappa shape index (κ3) is 5.35. The Morgan fingerprint density at radius 3 is 2.70 bits per heavy atom. The Morgan fingerprint density at radius 2 is 2.20 bits per heavy atom. The van der Waals surface area contributed by atoms with Gasteiger partial charge in [-0.3, -0.25) is 4.79 Å². The summed E-state index contributed by atoms with van der Waals surface area (Å²) in [4.78, 5) is 11.7. The average Bonchev–Trinajstić information content (AvgIpc) is 1.98. The van der Waals surface area contributed by atoms with Gasteiger partial charge in [0.25, 0.3) is 0 Å². The molecule has 10 heavy (non-hydrogen) atoms. The highest BCUT2D eigenvalue weighted by molar-refractivity contribution is 5.46. The van der Waals surface area contributed by atoms with Crippen LogP contribution in [0, 0.1) is 0 Å². The molecule has 0 aliphatic carbocycles. The number of allylic oxidation sites excluding steroid dienone is 2. The lowest BCUT2D eigenvalue weighted by molar-refractivity contribution is -0.117. The zero-order chi connectivity index (χ0) is 7.82. The Balaban J connectivity index is 3.11. The fraction of sp³-hybridized carbons (Fsp3) is 0.625. The predicted octanol–water partition coefficient (Wildman–Crippen LogP) is 1.43. The molecule has 0 atom stereocenters. The average molecular weight is 141 g/mol. The Kier molecular flexibility index (Phi) is 5.83. The van der Waals surface area contributed by atoms with Gasteiger partial charge in [0.2, 0.25) is 6.41 Å². The van der Waals surface area contributed by atoms with Crippen LogP contribution in [0.5, 0.6) is 0 Å². The van der Waals surface area contributed by atoms with E-state index in [1.807, 2.05) is 13.0 Å². The van der Waals surface area contributed by atoms with E-state index in [1.165, 1.54) is 0 Å². The van der Waals surface area contributed by atoms with Gasteiger partial charge in [0.05, 0.1) is 0 Å². The summed E-state index contributed by atoms with van der Waals surface area (Å²) in [7, 11) is 1.79. The number of hydrogen-bond acceptors (Lipinski definition) is 1. The third-order valence-electron chi connectivity index (χ3n) is 1.30. The quantitative estimate of drug-likeness (QED) is 0.322. The molecule has 0 saturated heterocycles. The Labute approximate surface area is 62.5 Å². The normalized spacial score (nSPS) is 10.2. The van der Waals surface area contributed by atoms with Crippen molar-refractivity contribution in [2.45, 2.75) is 19.8 Å². The first-order chi connectivity index (χ1) is 4.81. The Morgan fingerprint density at radius 1 is 1.50 bits per heavy atom. The second-order valence-corrected chi connectivity index (χ2v) is 2.30. The van der Waals surface area contributed by atoms with Gasteiger partial charge < -0.3 is 4.90 Å². The van der Waals surface area contributed by atoms with Crippen molar-refractivity contribution < 1.29 is 4.79 Å². The maximum Gasteiger partial charge on any atom is 0.209 e. The number of carbonyl (C=O) groups excluding carboxylic acids is 1. The summed E-state index contributed by atoms with van der Waals surface area (Å²) in [5.41, 5.74) is 0. The molecule has 0 saturated carbocycles. The molecule has 0 aromatic carbocycles. The lowest BCUT2D eigenvalue weighted by atomic mass is 10.3. The largest absolute Gasteiger partial charge is 0.348 e. The number of unbranched alkanes of at least 4 members (excludes halogenated alkanes) is 1. The van der Waals surface area contributed by atoms with Crippen LogP contribution in [0.3, 0.4) is 0 Å². The molecule has 0 N–H and O–H groups in total. The maximum atomic E-state index is 10.1. The zero-order valence-electron chi connectivity index (χ0n) is 6.71. The van der Waals surface area contributed by atoms with E-state index < -0.39 is 0 Å². The van der Waals surface area contributed by atoms with E-state index in [0.717, 1.165) is 25.8 Å². The molecule has 2 heteroatoms. The molecule has 0 rings (SSSR count). The van der Waals surface area contributed by atoms with Gasteiger partial charge in [-0.1, -0.05) is 12.2 Å². The number of rotatable bonds is 5. The number of hydrogen-bond donors (Lipinski definition) is 0. The summed E-state index contributed by atoms with van der Waals surface area (Å²) >= 11 is 0. The molecule has 0 heterocycles. The van der Waals surface area contributed by atoms with Crippen LogP contribution >= 0.6 is 0 Å². The SMILES string of the molecule is CC=CCCCN(C)C=O. The molecule has 2 nitrogen and oxygen atoms in total. The second kappa shape index (κ2) is 6.33. The molecular formula is C8H15NO. The first-order valence-corrected chi connectivity index (χ1v) is 3.58. The molecule has 0 spiro atoms. The molecule has 0 aromatic heterocycles. The number of carbonyl (C=O) groups is 1. The minimum absolute atomic E-state index is 0.855. The highest BCUT2D eigenvalue weighted by atomic mass is 16.1. The van der Waals surface area contributed by atoms with Gasteiger partial charge in [0, 0.05) is 13.6 Å². The van der Waals surface area contributed by atoms with Crippen LogP contribution in [-0.2, 0) is 4.79 Å². The maximum absolute atomic E-state index is 10.1. The summed E-state index contributed by atoms with van der Waals surface area (Å²) in [5.74, 6) is 0. The highest BCUT2D eigenvalue weighted by Crippen LogP contribution is 1.91.